The van der Waals surface area contributed by atoms with Crippen molar-refractivity contribution in [3.05, 3.63) is 58.8 Å². The van der Waals surface area contributed by atoms with Crippen LogP contribution in [0.5, 0.6) is 11.5 Å². The lowest BCUT2D eigenvalue weighted by molar-refractivity contribution is -0.113. The van der Waals surface area contributed by atoms with Crippen molar-refractivity contribution in [1.82, 2.24) is 14.8 Å². The summed E-state index contributed by atoms with van der Waals surface area (Å²) in [7, 11) is 3.41. The van der Waals surface area contributed by atoms with Crippen LogP contribution in [0.4, 0.5) is 5.69 Å². The molecule has 7 nitrogen and oxygen atoms in total. The van der Waals surface area contributed by atoms with Crippen LogP contribution in [-0.4, -0.2) is 33.5 Å². The highest BCUT2D eigenvalue weighted by molar-refractivity contribution is 9.10. The maximum Gasteiger partial charge on any atom is 0.234 e. The second-order valence-corrected chi connectivity index (χ2v) is 7.60. The highest BCUT2D eigenvalue weighted by atomic mass is 79.9. The molecule has 9 heteroatoms. The number of carbonyl (C=O) groups is 1. The van der Waals surface area contributed by atoms with E-state index in [1.807, 2.05) is 48.0 Å². The van der Waals surface area contributed by atoms with Gasteiger partial charge in [-0.25, -0.2) is 0 Å². The summed E-state index contributed by atoms with van der Waals surface area (Å²) in [5.74, 6) is 2.10. The molecule has 1 amide bonds. The van der Waals surface area contributed by atoms with Gasteiger partial charge in [0.05, 0.1) is 18.6 Å². The number of hydrogen-bond donors (Lipinski definition) is 1. The predicted octanol–water partition coefficient (Wildman–Crippen LogP) is 3.90. The van der Waals surface area contributed by atoms with E-state index in [9.17, 15) is 4.79 Å². The van der Waals surface area contributed by atoms with E-state index in [0.717, 1.165) is 10.2 Å². The Morgan fingerprint density at radius 2 is 1.93 bits per heavy atom. The number of thioether (sulfide) groups is 1. The van der Waals surface area contributed by atoms with Gasteiger partial charge in [-0.3, -0.25) is 4.79 Å². The molecule has 0 fully saturated rings. The second kappa shape index (κ2) is 9.61. The van der Waals surface area contributed by atoms with Crippen LogP contribution in [0.2, 0.25) is 0 Å². The second-order valence-electron chi connectivity index (χ2n) is 5.74. The van der Waals surface area contributed by atoms with Crippen LogP contribution in [-0.2, 0) is 18.4 Å². The van der Waals surface area contributed by atoms with Gasteiger partial charge >= 0.3 is 0 Å². The molecule has 1 heterocycles. The number of nitrogens with one attached hydrogen (secondary N) is 1. The van der Waals surface area contributed by atoms with Gasteiger partial charge < -0.3 is 19.4 Å². The van der Waals surface area contributed by atoms with Crippen LogP contribution in [0.3, 0.4) is 0 Å². The number of nitrogens with zero attached hydrogens (tertiary/aromatic N) is 3. The lowest BCUT2D eigenvalue weighted by Gasteiger charge is -2.09. The van der Waals surface area contributed by atoms with Crippen molar-refractivity contribution in [2.75, 3.05) is 18.2 Å². The van der Waals surface area contributed by atoms with Crippen molar-refractivity contribution >= 4 is 39.3 Å². The number of ether oxygens (including phenoxy) is 2. The summed E-state index contributed by atoms with van der Waals surface area (Å²) < 4.78 is 13.8. The molecule has 0 aliphatic carbocycles. The Balaban J connectivity index is 1.53. The van der Waals surface area contributed by atoms with Crippen molar-refractivity contribution < 1.29 is 14.3 Å². The zero-order chi connectivity index (χ0) is 19.9. The summed E-state index contributed by atoms with van der Waals surface area (Å²) in [4.78, 5) is 12.2. The first-order valence-electron chi connectivity index (χ1n) is 8.39. The van der Waals surface area contributed by atoms with Gasteiger partial charge in [-0.1, -0.05) is 39.8 Å². The van der Waals surface area contributed by atoms with Crippen LogP contribution in [0, 0.1) is 0 Å². The summed E-state index contributed by atoms with van der Waals surface area (Å²) in [5, 5.41) is 11.8. The molecule has 146 valence electrons. The molecule has 0 atom stereocenters. The Kier molecular flexibility index (Phi) is 6.94. The number of anilines is 1. The Hall–Kier alpha value is -2.52. The van der Waals surface area contributed by atoms with Crippen molar-refractivity contribution in [3.8, 4) is 11.5 Å². The van der Waals surface area contributed by atoms with Crippen LogP contribution in [0.1, 0.15) is 5.82 Å². The number of methoxy groups -OCH3 is 1. The van der Waals surface area contributed by atoms with Crippen LogP contribution >= 0.6 is 27.7 Å². The van der Waals surface area contributed by atoms with E-state index in [2.05, 4.69) is 31.4 Å². The first-order chi connectivity index (χ1) is 13.6. The first-order valence-corrected chi connectivity index (χ1v) is 10.2. The molecule has 1 N–H and O–H groups in total. The first kappa shape index (κ1) is 20.2. The van der Waals surface area contributed by atoms with Crippen molar-refractivity contribution in [1.29, 1.82) is 0 Å². The number of rotatable bonds is 8. The number of amides is 1. The molecule has 3 aromatic rings. The predicted molar refractivity (Wildman–Crippen MR) is 112 cm³/mol. The van der Waals surface area contributed by atoms with Gasteiger partial charge in [0.15, 0.2) is 11.0 Å². The van der Waals surface area contributed by atoms with E-state index in [-0.39, 0.29) is 11.7 Å². The lowest BCUT2D eigenvalue weighted by atomic mass is 10.3. The van der Waals surface area contributed by atoms with Gasteiger partial charge in [-0.2, -0.15) is 0 Å². The number of hydrogen-bond acceptors (Lipinski definition) is 6. The van der Waals surface area contributed by atoms with E-state index in [0.29, 0.717) is 29.0 Å². The van der Waals surface area contributed by atoms with Gasteiger partial charge in [-0.15, -0.1) is 10.2 Å². The minimum absolute atomic E-state index is 0.148. The number of para-hydroxylation sites is 2. The van der Waals surface area contributed by atoms with E-state index in [1.165, 1.54) is 11.8 Å². The molecule has 0 aliphatic heterocycles. The van der Waals surface area contributed by atoms with E-state index in [4.69, 9.17) is 9.47 Å². The van der Waals surface area contributed by atoms with Gasteiger partial charge in [0.25, 0.3) is 0 Å². The SMILES string of the molecule is COc1ccccc1NC(=O)CSc1nnc(COc2ccc(Br)cc2)n1C. The summed E-state index contributed by atoms with van der Waals surface area (Å²) in [6.07, 6.45) is 0. The van der Waals surface area contributed by atoms with Crippen molar-refractivity contribution in [2.45, 2.75) is 11.8 Å². The maximum absolute atomic E-state index is 12.2. The molecule has 3 rings (SSSR count). The number of aromatic nitrogens is 3. The highest BCUT2D eigenvalue weighted by Crippen LogP contribution is 2.24. The summed E-state index contributed by atoms with van der Waals surface area (Å²) in [5.41, 5.74) is 0.636. The fourth-order valence-electron chi connectivity index (χ4n) is 2.34. The molecule has 1 aromatic heterocycles. The minimum atomic E-state index is -0.148. The molecule has 0 aliphatic rings. The standard InChI is InChI=1S/C19H19BrN4O3S/c1-24-17(11-27-14-9-7-13(20)8-10-14)22-23-19(24)28-12-18(25)21-15-5-3-4-6-16(15)26-2/h3-10H,11-12H2,1-2H3,(H,21,25). The molecule has 0 saturated heterocycles. The monoisotopic (exact) mass is 462 g/mol. The highest BCUT2D eigenvalue weighted by Gasteiger charge is 2.13. The average Bonchev–Trinajstić information content (AvgIpc) is 3.06. The van der Waals surface area contributed by atoms with E-state index in [1.54, 1.807) is 19.2 Å². The number of benzene rings is 2. The average molecular weight is 463 g/mol. The zero-order valence-corrected chi connectivity index (χ0v) is 17.8. The molecular weight excluding hydrogens is 444 g/mol. The summed E-state index contributed by atoms with van der Waals surface area (Å²) in [6, 6.07) is 14.8. The van der Waals surface area contributed by atoms with Crippen molar-refractivity contribution in [2.24, 2.45) is 7.05 Å². The maximum atomic E-state index is 12.2. The Morgan fingerprint density at radius 1 is 1.18 bits per heavy atom. The third-order valence-corrected chi connectivity index (χ3v) is 5.37. The molecule has 0 spiro atoms. The molecular formula is C19H19BrN4O3S. The number of halogens is 1. The van der Waals surface area contributed by atoms with Crippen molar-refractivity contribution in [3.63, 3.8) is 0 Å². The zero-order valence-electron chi connectivity index (χ0n) is 15.4. The smallest absolute Gasteiger partial charge is 0.234 e. The third-order valence-electron chi connectivity index (χ3n) is 3.82. The molecule has 2 aromatic carbocycles. The van der Waals surface area contributed by atoms with Crippen LogP contribution < -0.4 is 14.8 Å². The van der Waals surface area contributed by atoms with Gasteiger partial charge in [-0.05, 0) is 36.4 Å². The summed E-state index contributed by atoms with van der Waals surface area (Å²) in [6.45, 7) is 0.291. The van der Waals surface area contributed by atoms with Crippen LogP contribution in [0.25, 0.3) is 0 Å². The minimum Gasteiger partial charge on any atom is -0.495 e. The Labute approximate surface area is 175 Å². The molecule has 0 saturated carbocycles. The molecule has 0 radical (unpaired) electrons. The summed E-state index contributed by atoms with van der Waals surface area (Å²) >= 11 is 4.70. The van der Waals surface area contributed by atoms with E-state index < -0.39 is 0 Å². The fraction of sp³-hybridized carbons (Fsp3) is 0.211. The largest absolute Gasteiger partial charge is 0.495 e. The normalized spacial score (nSPS) is 10.5. The van der Waals surface area contributed by atoms with Gasteiger partial charge in [0, 0.05) is 11.5 Å². The van der Waals surface area contributed by atoms with Gasteiger partial charge in [0.1, 0.15) is 18.1 Å². The van der Waals surface area contributed by atoms with E-state index >= 15 is 0 Å². The lowest BCUT2D eigenvalue weighted by Crippen LogP contribution is -2.15. The molecule has 28 heavy (non-hydrogen) atoms. The molecule has 0 bridgehead atoms. The fourth-order valence-corrected chi connectivity index (χ4v) is 3.33. The number of carbonyl (C=O) groups excluding carboxylic acids is 1. The quantitative estimate of drug-likeness (QED) is 0.511. The molecule has 0 unspecified atom stereocenters. The van der Waals surface area contributed by atoms with Crippen LogP contribution in [0.15, 0.2) is 58.2 Å². The third kappa shape index (κ3) is 5.26. The van der Waals surface area contributed by atoms with Gasteiger partial charge in [0.2, 0.25) is 5.91 Å². The topological polar surface area (TPSA) is 78.3 Å². The Morgan fingerprint density at radius 3 is 2.68 bits per heavy atom. The Bertz CT molecular complexity index is 947.